The first-order valence-electron chi connectivity index (χ1n) is 11.5. The molecule has 8 heteroatoms. The number of Topliss-reactive ketones (excluding diaryl/α,β-unsaturated/α-hetero) is 1. The summed E-state index contributed by atoms with van der Waals surface area (Å²) < 4.78 is 12.5. The molecule has 31 heavy (non-hydrogen) atoms. The fraction of sp³-hybridized carbons (Fsp3) is 0.870. The first kappa shape index (κ1) is 20.1. The van der Waals surface area contributed by atoms with E-state index in [9.17, 15) is 29.7 Å². The molecule has 2 heterocycles. The predicted octanol–water partition coefficient (Wildman–Crippen LogP) is 1.77. The van der Waals surface area contributed by atoms with Gasteiger partial charge in [0, 0.05) is 29.6 Å². The fourth-order valence-corrected chi connectivity index (χ4v) is 9.03. The van der Waals surface area contributed by atoms with Gasteiger partial charge >= 0.3 is 11.9 Å². The van der Waals surface area contributed by atoms with Crippen LogP contribution in [0.15, 0.2) is 0 Å². The van der Waals surface area contributed by atoms with Crippen molar-refractivity contribution in [3.63, 3.8) is 0 Å². The summed E-state index contributed by atoms with van der Waals surface area (Å²) in [7, 11) is 0. The first-order valence-corrected chi connectivity index (χ1v) is 11.5. The number of rotatable bonds is 4. The fourth-order valence-electron chi connectivity index (χ4n) is 9.03. The van der Waals surface area contributed by atoms with E-state index in [1.54, 1.807) is 0 Å². The molecular formula is C23H30O8. The van der Waals surface area contributed by atoms with Crippen LogP contribution in [-0.2, 0) is 23.9 Å². The van der Waals surface area contributed by atoms with E-state index in [4.69, 9.17) is 9.47 Å². The number of aliphatic carboxylic acids is 2. The van der Waals surface area contributed by atoms with Crippen LogP contribution in [0.4, 0.5) is 0 Å². The number of fused-ring (bicyclic) bond motifs is 2. The van der Waals surface area contributed by atoms with Crippen molar-refractivity contribution in [1.82, 2.24) is 0 Å². The zero-order valence-corrected chi connectivity index (χ0v) is 17.9. The molecule has 3 N–H and O–H groups in total. The molecule has 4 saturated carbocycles. The number of carbonyl (C=O) groups excluding carboxylic acids is 1. The van der Waals surface area contributed by atoms with E-state index in [1.165, 1.54) is 0 Å². The highest BCUT2D eigenvalue weighted by molar-refractivity contribution is 5.89. The number of hydrogen-bond acceptors (Lipinski definition) is 6. The van der Waals surface area contributed by atoms with Crippen molar-refractivity contribution in [3.8, 4) is 0 Å². The molecular weight excluding hydrogens is 404 g/mol. The molecule has 2 aliphatic heterocycles. The maximum atomic E-state index is 12.5. The largest absolute Gasteiger partial charge is 0.481 e. The monoisotopic (exact) mass is 434 g/mol. The number of epoxide rings is 2. The smallest absolute Gasteiger partial charge is 0.307 e. The van der Waals surface area contributed by atoms with Gasteiger partial charge in [0.15, 0.2) is 5.78 Å². The number of aliphatic hydroxyl groups is 1. The Bertz CT molecular complexity index is 917. The molecule has 0 aromatic heterocycles. The van der Waals surface area contributed by atoms with Gasteiger partial charge in [-0.1, -0.05) is 13.8 Å². The molecule has 6 fully saturated rings. The first-order chi connectivity index (χ1) is 14.5. The van der Waals surface area contributed by atoms with Gasteiger partial charge in [-0.15, -0.1) is 0 Å². The Morgan fingerprint density at radius 1 is 1.13 bits per heavy atom. The minimum atomic E-state index is -1.14. The lowest BCUT2D eigenvalue weighted by atomic mass is 9.41. The van der Waals surface area contributed by atoms with Crippen molar-refractivity contribution in [1.29, 1.82) is 0 Å². The molecule has 0 radical (unpaired) electrons. The summed E-state index contributed by atoms with van der Waals surface area (Å²) in [6.07, 6.45) is 2.43. The number of carbonyl (C=O) groups is 3. The third-order valence-corrected chi connectivity index (χ3v) is 10.7. The highest BCUT2D eigenvalue weighted by Gasteiger charge is 2.90. The van der Waals surface area contributed by atoms with E-state index in [0.29, 0.717) is 38.5 Å². The zero-order valence-electron chi connectivity index (χ0n) is 17.9. The highest BCUT2D eigenvalue weighted by Crippen LogP contribution is 2.81. The summed E-state index contributed by atoms with van der Waals surface area (Å²) in [5.74, 6) is -2.82. The quantitative estimate of drug-likeness (QED) is 0.569. The number of ketones is 1. The molecule has 8 nitrogen and oxygen atoms in total. The Morgan fingerprint density at radius 2 is 1.87 bits per heavy atom. The molecule has 2 saturated heterocycles. The van der Waals surface area contributed by atoms with Crippen LogP contribution < -0.4 is 0 Å². The number of carboxylic acids is 2. The molecule has 0 aromatic carbocycles. The zero-order chi connectivity index (χ0) is 22.2. The van der Waals surface area contributed by atoms with Gasteiger partial charge in [0.05, 0.1) is 17.6 Å². The standard InChI is InChI=1S/C23H30O8/c1-19-10-14-23(30-14)16(12(19)3-7-21(19,29)8-5-15(25)26)11(18(27)28)9-22-17(31-22)13(24)4-6-20(22,23)2/h11-12,14,16-17,29H,3-10H2,1-2H3,(H,25,26)(H,27,28)/t11-,12+,14-,16+,17-,19+,20+,21-,22-,23-/m1/s1. The van der Waals surface area contributed by atoms with Crippen LogP contribution in [0, 0.1) is 28.6 Å². The molecule has 10 atom stereocenters. The number of ether oxygens (including phenoxy) is 2. The SMILES string of the molecule is C[C@]12CCC(=O)[C@H]3O[C@]31C[C@@H](C(=O)O)[C@H]1[C@@H]3CC[C@@](O)(CCC(=O)O)[C@@]3(C)C[C@H]3O[C@@]132. The third kappa shape index (κ3) is 2.02. The minimum Gasteiger partial charge on any atom is -0.481 e. The molecule has 2 spiro atoms. The molecule has 0 amide bonds. The summed E-state index contributed by atoms with van der Waals surface area (Å²) in [6, 6.07) is 0. The molecule has 0 bridgehead atoms. The van der Waals surface area contributed by atoms with Crippen molar-refractivity contribution in [2.45, 2.75) is 94.2 Å². The van der Waals surface area contributed by atoms with Crippen LogP contribution in [0.3, 0.4) is 0 Å². The molecule has 6 aliphatic rings. The molecule has 4 aliphatic carbocycles. The Kier molecular flexibility index (Phi) is 3.58. The van der Waals surface area contributed by atoms with Crippen LogP contribution in [0.2, 0.25) is 0 Å². The van der Waals surface area contributed by atoms with Gasteiger partial charge < -0.3 is 24.8 Å². The van der Waals surface area contributed by atoms with Crippen molar-refractivity contribution in [3.05, 3.63) is 0 Å². The van der Waals surface area contributed by atoms with Crippen LogP contribution >= 0.6 is 0 Å². The van der Waals surface area contributed by atoms with Crippen LogP contribution in [0.25, 0.3) is 0 Å². The Morgan fingerprint density at radius 3 is 2.55 bits per heavy atom. The van der Waals surface area contributed by atoms with Gasteiger partial charge in [0.1, 0.15) is 17.3 Å². The minimum absolute atomic E-state index is 0.0678. The second-order valence-electron chi connectivity index (χ2n) is 11.5. The van der Waals surface area contributed by atoms with Gasteiger partial charge in [0.25, 0.3) is 0 Å². The van der Waals surface area contributed by atoms with Gasteiger partial charge in [-0.05, 0) is 44.4 Å². The number of carboxylic acid groups (broad SMARTS) is 2. The summed E-state index contributed by atoms with van der Waals surface area (Å²) >= 11 is 0. The highest BCUT2D eigenvalue weighted by atomic mass is 16.6. The summed E-state index contributed by atoms with van der Waals surface area (Å²) in [4.78, 5) is 36.2. The lowest BCUT2D eigenvalue weighted by Gasteiger charge is -2.59. The summed E-state index contributed by atoms with van der Waals surface area (Å²) in [5.41, 5.74) is -3.56. The van der Waals surface area contributed by atoms with E-state index < -0.39 is 51.6 Å². The molecule has 6 rings (SSSR count). The van der Waals surface area contributed by atoms with Gasteiger partial charge in [-0.2, -0.15) is 0 Å². The number of hydrogen-bond donors (Lipinski definition) is 3. The maximum absolute atomic E-state index is 12.5. The lowest BCUT2D eigenvalue weighted by molar-refractivity contribution is -0.178. The Labute approximate surface area is 180 Å². The predicted molar refractivity (Wildman–Crippen MR) is 104 cm³/mol. The van der Waals surface area contributed by atoms with Crippen molar-refractivity contribution in [2.75, 3.05) is 0 Å². The van der Waals surface area contributed by atoms with Gasteiger partial charge in [-0.3, -0.25) is 14.4 Å². The average Bonchev–Trinajstić information content (AvgIpc) is 3.58. The van der Waals surface area contributed by atoms with E-state index >= 15 is 0 Å². The normalized spacial score (nSPS) is 58.3. The van der Waals surface area contributed by atoms with Crippen LogP contribution in [0.1, 0.15) is 65.2 Å². The molecule has 170 valence electrons. The van der Waals surface area contributed by atoms with Crippen molar-refractivity contribution >= 4 is 17.7 Å². The Hall–Kier alpha value is -1.51. The summed E-state index contributed by atoms with van der Waals surface area (Å²) in [6.45, 7) is 4.13. The lowest BCUT2D eigenvalue weighted by Crippen LogP contribution is -2.68. The van der Waals surface area contributed by atoms with Gasteiger partial charge in [-0.25, -0.2) is 0 Å². The van der Waals surface area contributed by atoms with E-state index in [0.717, 1.165) is 0 Å². The van der Waals surface area contributed by atoms with Crippen LogP contribution in [0.5, 0.6) is 0 Å². The Balaban J connectivity index is 1.43. The van der Waals surface area contributed by atoms with E-state index in [2.05, 4.69) is 6.92 Å². The summed E-state index contributed by atoms with van der Waals surface area (Å²) in [5, 5.41) is 31.0. The molecule has 0 aromatic rings. The second-order valence-corrected chi connectivity index (χ2v) is 11.5. The maximum Gasteiger partial charge on any atom is 0.307 e. The topological polar surface area (TPSA) is 137 Å². The molecule has 0 unspecified atom stereocenters. The van der Waals surface area contributed by atoms with Crippen molar-refractivity contribution in [2.24, 2.45) is 28.6 Å². The van der Waals surface area contributed by atoms with Crippen molar-refractivity contribution < 1.29 is 39.2 Å². The van der Waals surface area contributed by atoms with Gasteiger partial charge in [0.2, 0.25) is 0 Å². The average molecular weight is 434 g/mol. The second kappa shape index (κ2) is 5.51. The van der Waals surface area contributed by atoms with E-state index in [1.807, 2.05) is 6.92 Å². The van der Waals surface area contributed by atoms with E-state index in [-0.39, 0.29) is 36.6 Å². The third-order valence-electron chi connectivity index (χ3n) is 10.7. The van der Waals surface area contributed by atoms with Crippen LogP contribution in [-0.4, -0.2) is 62.1 Å².